The molecule has 0 spiro atoms. The summed E-state index contributed by atoms with van der Waals surface area (Å²) in [6.07, 6.45) is 0.122. The lowest BCUT2D eigenvalue weighted by Crippen LogP contribution is -2.37. The van der Waals surface area contributed by atoms with E-state index in [1.54, 1.807) is 0 Å². The molecule has 1 amide bonds. The van der Waals surface area contributed by atoms with Crippen molar-refractivity contribution < 1.29 is 19.0 Å². The maximum Gasteiger partial charge on any atom is 0.407 e. The van der Waals surface area contributed by atoms with E-state index in [2.05, 4.69) is 10.1 Å². The predicted octanol–water partition coefficient (Wildman–Crippen LogP) is 1.92. The molecule has 1 unspecified atom stereocenters. The quantitative estimate of drug-likeness (QED) is 0.850. The molecular weight excluding hydrogens is 258 g/mol. The lowest BCUT2D eigenvalue weighted by atomic mass is 10.1. The van der Waals surface area contributed by atoms with Crippen LogP contribution >= 0.6 is 11.6 Å². The molecule has 2 rings (SSSR count). The van der Waals surface area contributed by atoms with Gasteiger partial charge in [-0.3, -0.25) is 0 Å². The Morgan fingerprint density at radius 2 is 2.28 bits per heavy atom. The van der Waals surface area contributed by atoms with Crippen LogP contribution in [0.25, 0.3) is 0 Å². The zero-order chi connectivity index (χ0) is 13.0. The molecule has 0 bridgehead atoms. The van der Waals surface area contributed by atoms with Crippen molar-refractivity contribution in [3.63, 3.8) is 0 Å². The number of alkyl carbamates (subject to hydrolysis) is 1. The lowest BCUT2D eigenvalue weighted by molar-refractivity contribution is 0.167. The molecule has 6 heteroatoms. The molecule has 1 N–H and O–H groups in total. The highest BCUT2D eigenvalue weighted by molar-refractivity contribution is 6.18. The summed E-state index contributed by atoms with van der Waals surface area (Å²) < 4.78 is 15.1. The number of rotatable bonds is 4. The second kappa shape index (κ2) is 5.82. The van der Waals surface area contributed by atoms with E-state index in [-0.39, 0.29) is 12.8 Å². The number of amides is 1. The van der Waals surface area contributed by atoms with Gasteiger partial charge in [-0.15, -0.1) is 11.6 Å². The van der Waals surface area contributed by atoms with Crippen LogP contribution in [0.15, 0.2) is 18.2 Å². The monoisotopic (exact) mass is 271 g/mol. The van der Waals surface area contributed by atoms with Crippen LogP contribution in [-0.4, -0.2) is 31.9 Å². The van der Waals surface area contributed by atoms with Crippen molar-refractivity contribution in [1.29, 1.82) is 0 Å². The van der Waals surface area contributed by atoms with Gasteiger partial charge >= 0.3 is 6.09 Å². The molecular formula is C12H14ClNO4. The van der Waals surface area contributed by atoms with Crippen LogP contribution in [0.5, 0.6) is 11.5 Å². The van der Waals surface area contributed by atoms with Crippen molar-refractivity contribution >= 4 is 17.7 Å². The summed E-state index contributed by atoms with van der Waals surface area (Å²) in [4.78, 5) is 11.1. The maximum absolute atomic E-state index is 11.1. The predicted molar refractivity (Wildman–Crippen MR) is 66.3 cm³/mol. The number of methoxy groups -OCH3 is 1. The van der Waals surface area contributed by atoms with Gasteiger partial charge in [-0.1, -0.05) is 6.07 Å². The molecule has 0 aromatic heterocycles. The van der Waals surface area contributed by atoms with E-state index >= 15 is 0 Å². The molecule has 18 heavy (non-hydrogen) atoms. The van der Waals surface area contributed by atoms with Gasteiger partial charge in [-0.2, -0.15) is 0 Å². The van der Waals surface area contributed by atoms with Gasteiger partial charge in [0.1, 0.15) is 0 Å². The normalized spacial score (nSPS) is 14.1. The molecule has 1 heterocycles. The zero-order valence-corrected chi connectivity index (χ0v) is 10.7. The Labute approximate surface area is 110 Å². The van der Waals surface area contributed by atoms with Gasteiger partial charge in [-0.05, 0) is 24.1 Å². The van der Waals surface area contributed by atoms with Gasteiger partial charge < -0.3 is 19.5 Å². The van der Waals surface area contributed by atoms with Crippen LogP contribution in [0.3, 0.4) is 0 Å². The first kappa shape index (κ1) is 12.8. The molecule has 5 nitrogen and oxygen atoms in total. The summed E-state index contributed by atoms with van der Waals surface area (Å²) in [6, 6.07) is 5.48. The number of hydrogen-bond donors (Lipinski definition) is 1. The first-order valence-corrected chi connectivity index (χ1v) is 6.05. The topological polar surface area (TPSA) is 56.8 Å². The van der Waals surface area contributed by atoms with Crippen LogP contribution in [0.4, 0.5) is 4.79 Å². The first-order valence-electron chi connectivity index (χ1n) is 5.52. The Kier molecular flexibility index (Phi) is 4.15. The molecule has 1 atom stereocenters. The summed E-state index contributed by atoms with van der Waals surface area (Å²) in [5.74, 6) is 1.77. The van der Waals surface area contributed by atoms with Gasteiger partial charge in [0.2, 0.25) is 6.79 Å². The zero-order valence-electron chi connectivity index (χ0n) is 9.94. The lowest BCUT2D eigenvalue weighted by Gasteiger charge is -2.15. The highest BCUT2D eigenvalue weighted by atomic mass is 35.5. The maximum atomic E-state index is 11.1. The second-order valence-corrected chi connectivity index (χ2v) is 4.19. The van der Waals surface area contributed by atoms with Crippen LogP contribution in [0.2, 0.25) is 0 Å². The number of fused-ring (bicyclic) bond motifs is 1. The Morgan fingerprint density at radius 3 is 3.00 bits per heavy atom. The standard InChI is InChI=1S/C12H14ClNO4/c1-16-12(15)14-9(6-13)4-8-2-3-10-11(5-8)18-7-17-10/h2-3,5,9H,4,6-7H2,1H3,(H,14,15). The molecule has 98 valence electrons. The molecule has 1 aromatic rings. The highest BCUT2D eigenvalue weighted by Crippen LogP contribution is 2.32. The van der Waals surface area contributed by atoms with Crippen LogP contribution in [-0.2, 0) is 11.2 Å². The van der Waals surface area contributed by atoms with Crippen molar-refractivity contribution in [2.24, 2.45) is 0 Å². The van der Waals surface area contributed by atoms with E-state index in [4.69, 9.17) is 21.1 Å². The number of hydrogen-bond acceptors (Lipinski definition) is 4. The fourth-order valence-electron chi connectivity index (χ4n) is 1.72. The summed E-state index contributed by atoms with van der Waals surface area (Å²) in [5, 5.41) is 2.67. The number of ether oxygens (including phenoxy) is 3. The fourth-order valence-corrected chi connectivity index (χ4v) is 1.91. The number of alkyl halides is 1. The molecule has 0 saturated heterocycles. The fraction of sp³-hybridized carbons (Fsp3) is 0.417. The summed E-state index contributed by atoms with van der Waals surface area (Å²) in [5.41, 5.74) is 1.02. The minimum atomic E-state index is -0.485. The van der Waals surface area contributed by atoms with Crippen molar-refractivity contribution in [2.75, 3.05) is 19.8 Å². The number of benzene rings is 1. The minimum absolute atomic E-state index is 0.181. The number of nitrogens with one attached hydrogen (secondary N) is 1. The Bertz CT molecular complexity index is 438. The Morgan fingerprint density at radius 1 is 1.50 bits per heavy atom. The third-order valence-electron chi connectivity index (χ3n) is 2.61. The molecule has 1 aliphatic rings. The van der Waals surface area contributed by atoms with Crippen LogP contribution in [0, 0.1) is 0 Å². The summed E-state index contributed by atoms with van der Waals surface area (Å²) >= 11 is 5.81. The van der Waals surface area contributed by atoms with E-state index in [1.165, 1.54) is 7.11 Å². The van der Waals surface area contributed by atoms with Crippen molar-refractivity contribution in [3.8, 4) is 11.5 Å². The van der Waals surface area contributed by atoms with Crippen LogP contribution in [0.1, 0.15) is 5.56 Å². The molecule has 1 aromatic carbocycles. The van der Waals surface area contributed by atoms with Crippen molar-refractivity contribution in [3.05, 3.63) is 23.8 Å². The van der Waals surface area contributed by atoms with Gasteiger partial charge in [0, 0.05) is 11.9 Å². The van der Waals surface area contributed by atoms with E-state index in [0.717, 1.165) is 17.1 Å². The number of carbonyl (C=O) groups is 1. The largest absolute Gasteiger partial charge is 0.454 e. The SMILES string of the molecule is COC(=O)NC(CCl)Cc1ccc2c(c1)OCO2. The smallest absolute Gasteiger partial charge is 0.407 e. The number of halogens is 1. The highest BCUT2D eigenvalue weighted by Gasteiger charge is 2.16. The molecule has 1 aliphatic heterocycles. The second-order valence-electron chi connectivity index (χ2n) is 3.88. The average Bonchev–Trinajstić information content (AvgIpc) is 2.85. The molecule has 0 radical (unpaired) electrons. The van der Waals surface area contributed by atoms with Gasteiger partial charge in [0.05, 0.1) is 7.11 Å². The van der Waals surface area contributed by atoms with Crippen molar-refractivity contribution in [2.45, 2.75) is 12.5 Å². The molecule has 0 aliphatic carbocycles. The average molecular weight is 272 g/mol. The third-order valence-corrected chi connectivity index (χ3v) is 2.99. The number of carbonyl (C=O) groups excluding carboxylic acids is 1. The van der Waals surface area contributed by atoms with Gasteiger partial charge in [0.15, 0.2) is 11.5 Å². The van der Waals surface area contributed by atoms with E-state index in [9.17, 15) is 4.79 Å². The summed E-state index contributed by atoms with van der Waals surface area (Å²) in [6.45, 7) is 0.248. The van der Waals surface area contributed by atoms with Gasteiger partial charge in [0.25, 0.3) is 0 Å². The molecule has 0 fully saturated rings. The van der Waals surface area contributed by atoms with Crippen LogP contribution < -0.4 is 14.8 Å². The minimum Gasteiger partial charge on any atom is -0.454 e. The third kappa shape index (κ3) is 2.98. The van der Waals surface area contributed by atoms with E-state index < -0.39 is 6.09 Å². The Balaban J connectivity index is 2.01. The Hall–Kier alpha value is -1.62. The van der Waals surface area contributed by atoms with Crippen molar-refractivity contribution in [1.82, 2.24) is 5.32 Å². The van der Waals surface area contributed by atoms with E-state index in [0.29, 0.717) is 12.3 Å². The van der Waals surface area contributed by atoms with Gasteiger partial charge in [-0.25, -0.2) is 4.79 Å². The first-order chi connectivity index (χ1) is 8.72. The summed E-state index contributed by atoms with van der Waals surface area (Å²) in [7, 11) is 1.32. The van der Waals surface area contributed by atoms with E-state index in [1.807, 2.05) is 18.2 Å². The molecule has 0 saturated carbocycles.